The summed E-state index contributed by atoms with van der Waals surface area (Å²) in [7, 11) is 0. The van der Waals surface area contributed by atoms with Gasteiger partial charge in [0.05, 0.1) is 0 Å². The zero-order valence-corrected chi connectivity index (χ0v) is 4.61. The minimum Gasteiger partial charge on any atom is -0.316 e. The molecule has 0 atom stereocenters. The van der Waals surface area contributed by atoms with Crippen LogP contribution in [0.2, 0.25) is 0 Å². The van der Waals surface area contributed by atoms with Crippen molar-refractivity contribution in [2.24, 2.45) is 0 Å². The van der Waals surface area contributed by atoms with Crippen LogP contribution in [0.5, 0.6) is 0 Å². The summed E-state index contributed by atoms with van der Waals surface area (Å²) < 4.78 is 13.0. The molecule has 0 aliphatic carbocycles. The van der Waals surface area contributed by atoms with Crippen molar-refractivity contribution in [2.75, 3.05) is 13.1 Å². The third-order valence-corrected chi connectivity index (χ3v) is 1.16. The number of rotatable bonds is 0. The van der Waals surface area contributed by atoms with Crippen LogP contribution in [0.1, 0.15) is 20.3 Å². The molecule has 0 saturated carbocycles. The van der Waals surface area contributed by atoms with Gasteiger partial charge in [-0.3, -0.25) is 9.51 Å². The van der Waals surface area contributed by atoms with E-state index in [1.54, 1.807) is 0 Å². The molecule has 1 aliphatic heterocycles. The second-order valence-electron chi connectivity index (χ2n) is 1.79. The highest BCUT2D eigenvalue weighted by atomic mass is 19.0. The molecule has 1 N–H and O–H groups in total. The molecule has 1 saturated heterocycles. The van der Waals surface area contributed by atoms with E-state index in [0.717, 1.165) is 25.9 Å². The maximum atomic E-state index is 10.4. The molecular weight excluding hydrogens is 121 g/mol. The van der Waals surface area contributed by atoms with Gasteiger partial charge >= 0.3 is 0 Å². The zero-order valence-electron chi connectivity index (χ0n) is 5.61. The number of hydrogen-bond donors (Lipinski definition) is 1. The lowest BCUT2D eigenvalue weighted by Gasteiger charge is -2.08. The van der Waals surface area contributed by atoms with Gasteiger partial charge in [-0.15, -0.1) is 0 Å². The van der Waals surface area contributed by atoms with Gasteiger partial charge in [-0.2, -0.15) is 0 Å². The number of nitrogens with one attached hydrogen (secondary N) is 1. The molecule has 0 unspecified atom stereocenters. The van der Waals surface area contributed by atoms with E-state index >= 15 is 0 Å². The molecule has 0 aromatic rings. The standard InChI is InChI=1S/C5H9NO.CH4.FH/c7-5-1-3-6-4-2-5;;/h6H,1-4H2;1H4;1H/i/hT. The third kappa shape index (κ3) is 4.09. The fraction of sp³-hybridized carbons (Fsp3) is 0.833. The highest BCUT2D eigenvalue weighted by Crippen LogP contribution is 1.91. The van der Waals surface area contributed by atoms with Crippen molar-refractivity contribution in [3.8, 4) is 0 Å². The predicted octanol–water partition coefficient (Wildman–Crippen LogP) is 0.727. The first-order chi connectivity index (χ1) is 4.39. The molecule has 1 fully saturated rings. The van der Waals surface area contributed by atoms with Gasteiger partial charge in [-0.1, -0.05) is 7.43 Å². The smallest absolute Gasteiger partial charge is 0.269 e. The van der Waals surface area contributed by atoms with Gasteiger partial charge in [-0.05, 0) is 0 Å². The Morgan fingerprint density at radius 2 is 1.89 bits per heavy atom. The largest absolute Gasteiger partial charge is 0.316 e. The number of piperidine rings is 1. The van der Waals surface area contributed by atoms with Crippen molar-refractivity contribution in [3.05, 3.63) is 0 Å². The molecule has 0 amide bonds. The molecule has 56 valence electrons. The van der Waals surface area contributed by atoms with Crippen LogP contribution in [0.4, 0.5) is 4.72 Å². The van der Waals surface area contributed by atoms with Gasteiger partial charge in [0.15, 0.2) is 0 Å². The number of Topliss-reactive ketones (excluding diaryl/α,β-unsaturated/α-hetero) is 1. The van der Waals surface area contributed by atoms with Crippen molar-refractivity contribution in [1.29, 1.82) is 1.45 Å². The summed E-state index contributed by atoms with van der Waals surface area (Å²) >= 11 is 0. The molecule has 1 aliphatic rings. The highest BCUT2D eigenvalue weighted by molar-refractivity contribution is 5.79. The van der Waals surface area contributed by atoms with Crippen molar-refractivity contribution < 1.29 is 9.51 Å². The Morgan fingerprint density at radius 3 is 2.11 bits per heavy atom. The van der Waals surface area contributed by atoms with Gasteiger partial charge in [0.1, 0.15) is 5.78 Å². The SMILES string of the molecule is C.O=C1CCNCC1.[3H]F. The minimum absolute atomic E-state index is 0. The van der Waals surface area contributed by atoms with E-state index in [9.17, 15) is 4.79 Å². The highest BCUT2D eigenvalue weighted by Gasteiger charge is 2.04. The Balaban J connectivity index is 0. The number of carbonyl (C=O) groups is 1. The summed E-state index contributed by atoms with van der Waals surface area (Å²) in [5.41, 5.74) is 0. The van der Waals surface area contributed by atoms with Crippen LogP contribution in [0.3, 0.4) is 0 Å². The Bertz CT molecular complexity index is 81.8. The number of halogens is 1. The van der Waals surface area contributed by atoms with Gasteiger partial charge in [0.25, 0.3) is 1.45 Å². The van der Waals surface area contributed by atoms with E-state index in [-0.39, 0.29) is 7.43 Å². The summed E-state index contributed by atoms with van der Waals surface area (Å²) in [6, 6.07) is 0. The molecule has 9 heavy (non-hydrogen) atoms. The van der Waals surface area contributed by atoms with Crippen LogP contribution < -0.4 is 5.32 Å². The molecule has 1 rings (SSSR count). The monoisotopic (exact) mass is 137 g/mol. The van der Waals surface area contributed by atoms with Gasteiger partial charge < -0.3 is 5.32 Å². The average Bonchev–Trinajstić information content (AvgIpc) is 1.94. The predicted molar refractivity (Wildman–Crippen MR) is 36.3 cm³/mol. The van der Waals surface area contributed by atoms with Crippen LogP contribution in [-0.4, -0.2) is 20.3 Å². The quantitative estimate of drug-likeness (QED) is 0.533. The maximum absolute atomic E-state index is 10.4. The topological polar surface area (TPSA) is 29.1 Å². The van der Waals surface area contributed by atoms with E-state index in [4.69, 9.17) is 4.72 Å². The van der Waals surface area contributed by atoms with Gasteiger partial charge in [-0.25, -0.2) is 0 Å². The molecule has 0 radical (unpaired) electrons. The summed E-state index contributed by atoms with van der Waals surface area (Å²) in [6.45, 7) is 1.78. The maximum Gasteiger partial charge on any atom is 0.269 e. The molecule has 1 heterocycles. The first-order valence-electron chi connectivity index (χ1n) is 3.00. The number of hydrogen-bond acceptors (Lipinski definition) is 2. The number of carbonyl (C=O) groups excluding carboxylic acids is 1. The van der Waals surface area contributed by atoms with Crippen LogP contribution in [-0.2, 0) is 4.79 Å². The van der Waals surface area contributed by atoms with Crippen LogP contribution in [0.25, 0.3) is 0 Å². The van der Waals surface area contributed by atoms with Crippen LogP contribution in [0, 0.1) is 0 Å². The fourth-order valence-corrected chi connectivity index (χ4v) is 0.706. The van der Waals surface area contributed by atoms with E-state index in [2.05, 4.69) is 6.77 Å². The second-order valence-corrected chi connectivity index (χ2v) is 1.79. The lowest BCUT2D eigenvalue weighted by molar-refractivity contribution is -0.119. The Hall–Kier alpha value is -0.440. The van der Waals surface area contributed by atoms with E-state index in [1.807, 2.05) is 0 Å². The zero-order chi connectivity index (χ0) is 7.11. The summed E-state index contributed by atoms with van der Waals surface area (Å²) in [4.78, 5) is 10.4. The van der Waals surface area contributed by atoms with Crippen molar-refractivity contribution in [3.63, 3.8) is 0 Å². The normalized spacial score (nSPS) is 18.3. The van der Waals surface area contributed by atoms with Crippen LogP contribution >= 0.6 is 0 Å². The summed E-state index contributed by atoms with van der Waals surface area (Å²) in [6.07, 6.45) is 1.47. The first kappa shape index (κ1) is 8.56. The Morgan fingerprint density at radius 1 is 1.44 bits per heavy atom. The van der Waals surface area contributed by atoms with Gasteiger partial charge in [0, 0.05) is 25.9 Å². The average molecular weight is 137 g/mol. The van der Waals surface area contributed by atoms with E-state index in [0.29, 0.717) is 5.78 Å². The molecule has 0 aromatic heterocycles. The lowest BCUT2D eigenvalue weighted by atomic mass is 10.1. The van der Waals surface area contributed by atoms with Crippen molar-refractivity contribution in [2.45, 2.75) is 20.3 Å². The molecule has 2 nitrogen and oxygen atoms in total. The van der Waals surface area contributed by atoms with Crippen molar-refractivity contribution >= 4 is 5.78 Å². The lowest BCUT2D eigenvalue weighted by Crippen LogP contribution is -2.27. The molecule has 0 aromatic carbocycles. The van der Waals surface area contributed by atoms with Gasteiger partial charge in [0.2, 0.25) is 0 Å². The molecule has 0 spiro atoms. The molecule has 0 bridgehead atoms. The summed E-state index contributed by atoms with van der Waals surface area (Å²) in [5.74, 6) is 0.402. The molecule has 3 heteroatoms. The summed E-state index contributed by atoms with van der Waals surface area (Å²) in [5, 5.41) is 3.09. The third-order valence-electron chi connectivity index (χ3n) is 1.16. The Labute approximate surface area is 56.5 Å². The number of ketones is 1. The minimum atomic E-state index is 0. The van der Waals surface area contributed by atoms with E-state index < -0.39 is 0 Å². The van der Waals surface area contributed by atoms with Crippen molar-refractivity contribution in [1.82, 2.24) is 5.32 Å². The second kappa shape index (κ2) is 5.69. The first-order valence-corrected chi connectivity index (χ1v) is 2.62. The van der Waals surface area contributed by atoms with Crippen LogP contribution in [0.15, 0.2) is 0 Å². The fourth-order valence-electron chi connectivity index (χ4n) is 0.706. The molecular formula is C6H14FNO. The Kier molecular flexibility index (Phi) is 5.41. The van der Waals surface area contributed by atoms with E-state index in [1.165, 1.54) is 0 Å².